The number of para-hydroxylation sites is 3. The Hall–Kier alpha value is -6.76. The fraction of sp³-hybridized carbons (Fsp3) is 0. The molecule has 0 N–H and O–H groups in total. The third kappa shape index (κ3) is 3.76. The lowest BCUT2D eigenvalue weighted by atomic mass is 10.1. The zero-order valence-corrected chi connectivity index (χ0v) is 28.4. The first-order chi connectivity index (χ1) is 25.8. The van der Waals surface area contributed by atoms with Gasteiger partial charge in [0.05, 0.1) is 38.0 Å². The number of furan rings is 1. The monoisotopic (exact) mass is 682 g/mol. The first-order valence-corrected chi connectivity index (χ1v) is 18.2. The van der Waals surface area contributed by atoms with Crippen LogP contribution in [0, 0.1) is 0 Å². The molecule has 7 aromatic carbocycles. The van der Waals surface area contributed by atoms with Crippen molar-refractivity contribution < 1.29 is 4.42 Å². The van der Waals surface area contributed by atoms with E-state index in [0.717, 1.165) is 76.6 Å². The summed E-state index contributed by atoms with van der Waals surface area (Å²) in [6, 6.07) is 55.7. The first kappa shape index (κ1) is 28.0. The van der Waals surface area contributed by atoms with Crippen LogP contribution < -0.4 is 0 Å². The molecule has 242 valence electrons. The van der Waals surface area contributed by atoms with Gasteiger partial charge in [0.2, 0.25) is 5.95 Å². The number of nitrogens with zero attached hydrogens (tertiary/aromatic N) is 4. The summed E-state index contributed by atoms with van der Waals surface area (Å²) in [5.41, 5.74) is 10.3. The van der Waals surface area contributed by atoms with Crippen LogP contribution in [-0.2, 0) is 0 Å². The van der Waals surface area contributed by atoms with Gasteiger partial charge in [0.15, 0.2) is 0 Å². The van der Waals surface area contributed by atoms with Crippen molar-refractivity contribution in [1.29, 1.82) is 0 Å². The van der Waals surface area contributed by atoms with E-state index < -0.39 is 0 Å². The Balaban J connectivity index is 1.19. The maximum Gasteiger partial charge on any atom is 0.235 e. The zero-order chi connectivity index (χ0) is 33.9. The number of aromatic nitrogens is 4. The minimum atomic E-state index is 0.666. The average molecular weight is 683 g/mol. The average Bonchev–Trinajstić information content (AvgIpc) is 3.95. The fourth-order valence-corrected chi connectivity index (χ4v) is 9.49. The maximum absolute atomic E-state index is 6.36. The molecule has 0 aliphatic rings. The van der Waals surface area contributed by atoms with Crippen LogP contribution in [0.2, 0.25) is 0 Å². The molecule has 0 radical (unpaired) electrons. The summed E-state index contributed by atoms with van der Waals surface area (Å²) in [5, 5.41) is 8.16. The molecular weight excluding hydrogens is 657 g/mol. The first-order valence-electron chi connectivity index (χ1n) is 17.4. The summed E-state index contributed by atoms with van der Waals surface area (Å²) in [5.74, 6) is 0.666. The summed E-state index contributed by atoms with van der Waals surface area (Å²) in [7, 11) is 0. The minimum absolute atomic E-state index is 0.666. The van der Waals surface area contributed by atoms with Gasteiger partial charge >= 0.3 is 0 Å². The van der Waals surface area contributed by atoms with Crippen molar-refractivity contribution in [3.8, 4) is 22.9 Å². The van der Waals surface area contributed by atoms with Crippen LogP contribution in [0.5, 0.6) is 0 Å². The van der Waals surface area contributed by atoms with Crippen LogP contribution in [0.3, 0.4) is 0 Å². The molecule has 0 fully saturated rings. The van der Waals surface area contributed by atoms with Gasteiger partial charge in [-0.05, 0) is 48.5 Å². The van der Waals surface area contributed by atoms with Crippen LogP contribution in [0.1, 0.15) is 0 Å². The number of rotatable bonds is 3. The van der Waals surface area contributed by atoms with Gasteiger partial charge in [-0.25, -0.2) is 9.97 Å². The highest BCUT2D eigenvalue weighted by Crippen LogP contribution is 2.44. The maximum atomic E-state index is 6.36. The van der Waals surface area contributed by atoms with E-state index in [1.165, 1.54) is 26.2 Å². The van der Waals surface area contributed by atoms with Gasteiger partial charge < -0.3 is 8.98 Å². The van der Waals surface area contributed by atoms with E-state index in [4.69, 9.17) is 14.4 Å². The fourth-order valence-electron chi connectivity index (χ4n) is 8.34. The van der Waals surface area contributed by atoms with Crippen LogP contribution in [0.4, 0.5) is 0 Å². The van der Waals surface area contributed by atoms with Crippen LogP contribution in [-0.4, -0.2) is 19.1 Å². The largest absolute Gasteiger partial charge is 0.456 e. The van der Waals surface area contributed by atoms with Crippen molar-refractivity contribution in [2.24, 2.45) is 0 Å². The Morgan fingerprint density at radius 2 is 1.08 bits per heavy atom. The van der Waals surface area contributed by atoms with Gasteiger partial charge in [-0.3, -0.25) is 4.57 Å². The van der Waals surface area contributed by atoms with Crippen molar-refractivity contribution in [3.63, 3.8) is 0 Å². The lowest BCUT2D eigenvalue weighted by molar-refractivity contribution is 0.668. The third-order valence-corrected chi connectivity index (χ3v) is 11.7. The molecule has 0 aliphatic heterocycles. The molecule has 0 amide bonds. The number of thiophene rings is 1. The normalized spacial score (nSPS) is 12.2. The Labute approximate surface area is 300 Å². The van der Waals surface area contributed by atoms with Crippen molar-refractivity contribution >= 4 is 97.2 Å². The van der Waals surface area contributed by atoms with Crippen LogP contribution in [0.25, 0.3) is 109 Å². The summed E-state index contributed by atoms with van der Waals surface area (Å²) in [6.45, 7) is 0. The van der Waals surface area contributed by atoms with Gasteiger partial charge in [0.1, 0.15) is 11.2 Å². The minimum Gasteiger partial charge on any atom is -0.456 e. The quantitative estimate of drug-likeness (QED) is 0.186. The van der Waals surface area contributed by atoms with E-state index >= 15 is 0 Å². The molecule has 5 nitrogen and oxygen atoms in total. The molecule has 5 heterocycles. The molecule has 0 saturated carbocycles. The van der Waals surface area contributed by atoms with Crippen molar-refractivity contribution in [2.45, 2.75) is 0 Å². The number of hydrogen-bond acceptors (Lipinski definition) is 4. The smallest absolute Gasteiger partial charge is 0.235 e. The highest BCUT2D eigenvalue weighted by atomic mass is 32.1. The van der Waals surface area contributed by atoms with Crippen molar-refractivity contribution in [1.82, 2.24) is 19.1 Å². The third-order valence-electron chi connectivity index (χ3n) is 10.5. The van der Waals surface area contributed by atoms with Crippen LogP contribution >= 0.6 is 11.3 Å². The van der Waals surface area contributed by atoms with Crippen molar-refractivity contribution in [3.05, 3.63) is 158 Å². The Kier molecular flexibility index (Phi) is 5.59. The second kappa shape index (κ2) is 10.4. The van der Waals surface area contributed by atoms with Gasteiger partial charge in [-0.15, -0.1) is 11.3 Å². The topological polar surface area (TPSA) is 48.8 Å². The molecule has 0 unspecified atom stereocenters. The molecule has 52 heavy (non-hydrogen) atoms. The lowest BCUT2D eigenvalue weighted by Crippen LogP contribution is -2.02. The summed E-state index contributed by atoms with van der Waals surface area (Å²) in [4.78, 5) is 10.8. The van der Waals surface area contributed by atoms with E-state index in [9.17, 15) is 0 Å². The molecule has 0 bridgehead atoms. The van der Waals surface area contributed by atoms with E-state index in [1.807, 2.05) is 12.1 Å². The Morgan fingerprint density at radius 1 is 0.462 bits per heavy atom. The SMILES string of the molecule is c1ccc(-c2nc(-n3c4ccccc4c4c5c6ccccc6n(-c6ccc7c(c6)oc6ccccc67)c5ccc43)nc3c2sc2ccccc23)cc1. The Morgan fingerprint density at radius 3 is 1.87 bits per heavy atom. The van der Waals surface area contributed by atoms with Gasteiger partial charge in [0.25, 0.3) is 0 Å². The van der Waals surface area contributed by atoms with Gasteiger partial charge in [-0.2, -0.15) is 0 Å². The highest BCUT2D eigenvalue weighted by Gasteiger charge is 2.23. The molecule has 0 atom stereocenters. The summed E-state index contributed by atoms with van der Waals surface area (Å²) in [6.07, 6.45) is 0. The zero-order valence-electron chi connectivity index (χ0n) is 27.6. The van der Waals surface area contributed by atoms with Gasteiger partial charge in [-0.1, -0.05) is 103 Å². The molecule has 0 aliphatic carbocycles. The van der Waals surface area contributed by atoms with E-state index in [-0.39, 0.29) is 0 Å². The Bertz CT molecular complexity index is 3420. The molecule has 0 spiro atoms. The van der Waals surface area contributed by atoms with E-state index in [2.05, 4.69) is 155 Å². The van der Waals surface area contributed by atoms with Gasteiger partial charge in [0, 0.05) is 59.7 Å². The standard InChI is InChI=1S/C46H26N4OS/c1-2-12-27(13-3-1)43-45-44(33-17-7-11-21-40(33)52-45)48-46(47-43)50-35-19-9-5-16-32(35)42-37(50)25-24-36-41(42)31-15-4-8-18-34(31)49(36)28-22-23-30-29-14-6-10-20-38(29)51-39(30)26-28/h1-26H. The number of fused-ring (bicyclic) bond motifs is 13. The lowest BCUT2D eigenvalue weighted by Gasteiger charge is -2.10. The summed E-state index contributed by atoms with van der Waals surface area (Å²) < 4.78 is 13.3. The second-order valence-corrected chi connectivity index (χ2v) is 14.4. The number of hydrogen-bond donors (Lipinski definition) is 0. The highest BCUT2D eigenvalue weighted by molar-refractivity contribution is 7.26. The molecular formula is C46H26N4OS. The number of benzene rings is 7. The predicted molar refractivity (Wildman–Crippen MR) is 216 cm³/mol. The van der Waals surface area contributed by atoms with E-state index in [1.54, 1.807) is 11.3 Å². The van der Waals surface area contributed by atoms with Crippen molar-refractivity contribution in [2.75, 3.05) is 0 Å². The molecule has 5 aromatic heterocycles. The van der Waals surface area contributed by atoms with E-state index in [0.29, 0.717) is 5.95 Å². The molecule has 6 heteroatoms. The second-order valence-electron chi connectivity index (χ2n) is 13.4. The summed E-state index contributed by atoms with van der Waals surface area (Å²) >= 11 is 1.76. The molecule has 12 aromatic rings. The molecule has 12 rings (SSSR count). The molecule has 0 saturated heterocycles. The van der Waals surface area contributed by atoms with Crippen LogP contribution in [0.15, 0.2) is 162 Å². The predicted octanol–water partition coefficient (Wildman–Crippen LogP) is 12.6.